The Morgan fingerprint density at radius 3 is 2.65 bits per heavy atom. The lowest BCUT2D eigenvalue weighted by Gasteiger charge is -2.07. The average molecular weight is 323 g/mol. The summed E-state index contributed by atoms with van der Waals surface area (Å²) in [6.07, 6.45) is 0. The van der Waals surface area contributed by atoms with Crippen LogP contribution in [0.25, 0.3) is 16.6 Å². The van der Waals surface area contributed by atoms with E-state index in [0.717, 1.165) is 27.6 Å². The summed E-state index contributed by atoms with van der Waals surface area (Å²) in [6, 6.07) is 16.9. The van der Waals surface area contributed by atoms with E-state index >= 15 is 0 Å². The molecule has 5 heteroatoms. The summed E-state index contributed by atoms with van der Waals surface area (Å²) in [6.45, 7) is 2.09. The molecule has 0 aliphatic heterocycles. The molecule has 0 radical (unpaired) electrons. The lowest BCUT2D eigenvalue weighted by Crippen LogP contribution is -1.93. The molecule has 2 aromatic heterocycles. The molecule has 3 nitrogen and oxygen atoms in total. The third-order valence-electron chi connectivity index (χ3n) is 3.85. The van der Waals surface area contributed by atoms with Gasteiger partial charge in [0, 0.05) is 11.1 Å². The maximum absolute atomic E-state index is 13.0. The van der Waals surface area contributed by atoms with Gasteiger partial charge >= 0.3 is 0 Å². The fraction of sp³-hybridized carbons (Fsp3) is 0.111. The van der Waals surface area contributed by atoms with E-state index in [9.17, 15) is 4.39 Å². The first kappa shape index (κ1) is 14.2. The first-order valence-electron chi connectivity index (χ1n) is 7.33. The predicted molar refractivity (Wildman–Crippen MR) is 91.2 cm³/mol. The molecule has 2 aromatic carbocycles. The lowest BCUT2D eigenvalue weighted by molar-refractivity contribution is 0.627. The van der Waals surface area contributed by atoms with Crippen LogP contribution in [0.5, 0.6) is 0 Å². The van der Waals surface area contributed by atoms with Crippen molar-refractivity contribution in [3.8, 4) is 0 Å². The minimum Gasteiger partial charge on any atom is -0.270 e. The van der Waals surface area contributed by atoms with Gasteiger partial charge in [0.1, 0.15) is 5.82 Å². The third-order valence-corrected chi connectivity index (χ3v) is 4.86. The van der Waals surface area contributed by atoms with Gasteiger partial charge in [0.15, 0.2) is 10.8 Å². The molecule has 4 aromatic rings. The second-order valence-electron chi connectivity index (χ2n) is 5.44. The molecule has 0 atom stereocenters. The highest BCUT2D eigenvalue weighted by atomic mass is 32.2. The molecule has 0 amide bonds. The number of fused-ring (bicyclic) bond motifs is 3. The number of aryl methyl sites for hydroxylation is 1. The number of pyridine rings is 1. The summed E-state index contributed by atoms with van der Waals surface area (Å²) < 4.78 is 15.1. The summed E-state index contributed by atoms with van der Waals surface area (Å²) in [5.41, 5.74) is 4.21. The quantitative estimate of drug-likeness (QED) is 0.515. The highest BCUT2D eigenvalue weighted by Crippen LogP contribution is 2.27. The number of nitrogens with zero attached hydrogens (tertiary/aromatic N) is 3. The highest BCUT2D eigenvalue weighted by Gasteiger charge is 2.11. The van der Waals surface area contributed by atoms with Gasteiger partial charge in [-0.15, -0.1) is 10.2 Å². The molecule has 2 heterocycles. The zero-order chi connectivity index (χ0) is 15.8. The third kappa shape index (κ3) is 2.57. The van der Waals surface area contributed by atoms with Crippen LogP contribution in [0.4, 0.5) is 4.39 Å². The molecule has 114 valence electrons. The molecule has 0 N–H and O–H groups in total. The fourth-order valence-corrected chi connectivity index (χ4v) is 3.60. The summed E-state index contributed by atoms with van der Waals surface area (Å²) in [5, 5.41) is 10.7. The number of halogens is 1. The van der Waals surface area contributed by atoms with Crippen molar-refractivity contribution in [2.45, 2.75) is 17.8 Å². The Kier molecular flexibility index (Phi) is 3.50. The SMILES string of the molecule is Cc1cc2nnc(SCc3ccc(F)cc3)n2c2ccccc12. The number of benzene rings is 2. The van der Waals surface area contributed by atoms with Gasteiger partial charge in [-0.1, -0.05) is 42.1 Å². The molecule has 0 bridgehead atoms. The monoisotopic (exact) mass is 323 g/mol. The minimum atomic E-state index is -0.215. The van der Waals surface area contributed by atoms with E-state index in [0.29, 0.717) is 0 Å². The molecular formula is C18H14FN3S. The Labute approximate surface area is 137 Å². The van der Waals surface area contributed by atoms with Gasteiger partial charge in [-0.05, 0) is 42.3 Å². The average Bonchev–Trinajstić information content (AvgIpc) is 2.98. The van der Waals surface area contributed by atoms with Gasteiger partial charge < -0.3 is 0 Å². The van der Waals surface area contributed by atoms with Crippen LogP contribution in [0, 0.1) is 12.7 Å². The Morgan fingerprint density at radius 2 is 1.83 bits per heavy atom. The van der Waals surface area contributed by atoms with Crippen molar-refractivity contribution in [2.24, 2.45) is 0 Å². The molecule has 4 rings (SSSR count). The van der Waals surface area contributed by atoms with Crippen molar-refractivity contribution in [1.29, 1.82) is 0 Å². The van der Waals surface area contributed by atoms with Crippen LogP contribution >= 0.6 is 11.8 Å². The predicted octanol–water partition coefficient (Wildman–Crippen LogP) is 4.62. The van der Waals surface area contributed by atoms with Crippen LogP contribution in [-0.2, 0) is 5.75 Å². The molecule has 0 fully saturated rings. The number of hydrogen-bond acceptors (Lipinski definition) is 3. The van der Waals surface area contributed by atoms with Crippen molar-refractivity contribution in [3.05, 3.63) is 71.5 Å². The van der Waals surface area contributed by atoms with Gasteiger partial charge in [0.05, 0.1) is 5.52 Å². The highest BCUT2D eigenvalue weighted by molar-refractivity contribution is 7.98. The Hall–Kier alpha value is -2.40. The van der Waals surface area contributed by atoms with Crippen molar-refractivity contribution < 1.29 is 4.39 Å². The van der Waals surface area contributed by atoms with Crippen LogP contribution in [0.1, 0.15) is 11.1 Å². The molecule has 0 aliphatic carbocycles. The normalized spacial score (nSPS) is 11.4. The Bertz CT molecular complexity index is 992. The second-order valence-corrected chi connectivity index (χ2v) is 6.38. The number of thioether (sulfide) groups is 1. The number of rotatable bonds is 3. The lowest BCUT2D eigenvalue weighted by atomic mass is 10.1. The fourth-order valence-electron chi connectivity index (χ4n) is 2.70. The first-order valence-corrected chi connectivity index (χ1v) is 8.32. The van der Waals surface area contributed by atoms with E-state index in [2.05, 4.69) is 39.7 Å². The number of aromatic nitrogens is 3. The van der Waals surface area contributed by atoms with Crippen LogP contribution in [0.15, 0.2) is 59.8 Å². The van der Waals surface area contributed by atoms with Crippen molar-refractivity contribution in [3.63, 3.8) is 0 Å². The molecular weight excluding hydrogens is 309 g/mol. The standard InChI is InChI=1S/C18H14FN3S/c1-12-10-17-20-21-18(22(17)16-5-3-2-4-15(12)16)23-11-13-6-8-14(19)9-7-13/h2-10H,11H2,1H3. The van der Waals surface area contributed by atoms with E-state index in [1.165, 1.54) is 23.1 Å². The molecule has 23 heavy (non-hydrogen) atoms. The van der Waals surface area contributed by atoms with E-state index < -0.39 is 0 Å². The van der Waals surface area contributed by atoms with Gasteiger partial charge in [-0.25, -0.2) is 4.39 Å². The molecule has 0 saturated heterocycles. The van der Waals surface area contributed by atoms with Crippen LogP contribution < -0.4 is 0 Å². The van der Waals surface area contributed by atoms with E-state index in [1.54, 1.807) is 23.9 Å². The van der Waals surface area contributed by atoms with E-state index in [1.807, 2.05) is 12.1 Å². The van der Waals surface area contributed by atoms with Crippen molar-refractivity contribution >= 4 is 28.3 Å². The van der Waals surface area contributed by atoms with E-state index in [-0.39, 0.29) is 5.82 Å². The zero-order valence-electron chi connectivity index (χ0n) is 12.5. The summed E-state index contributed by atoms with van der Waals surface area (Å²) in [4.78, 5) is 0. The summed E-state index contributed by atoms with van der Waals surface area (Å²) >= 11 is 1.60. The number of hydrogen-bond donors (Lipinski definition) is 0. The van der Waals surface area contributed by atoms with Crippen LogP contribution in [0.3, 0.4) is 0 Å². The molecule has 0 saturated carbocycles. The maximum atomic E-state index is 13.0. The zero-order valence-corrected chi connectivity index (χ0v) is 13.3. The van der Waals surface area contributed by atoms with E-state index in [4.69, 9.17) is 0 Å². The minimum absolute atomic E-state index is 0.215. The molecule has 0 spiro atoms. The summed E-state index contributed by atoms with van der Waals surface area (Å²) in [5.74, 6) is 0.511. The number of para-hydroxylation sites is 1. The second kappa shape index (κ2) is 5.66. The Balaban J connectivity index is 1.75. The van der Waals surface area contributed by atoms with Crippen molar-refractivity contribution in [1.82, 2.24) is 14.6 Å². The van der Waals surface area contributed by atoms with Gasteiger partial charge in [-0.2, -0.15) is 0 Å². The van der Waals surface area contributed by atoms with Gasteiger partial charge in [-0.3, -0.25) is 4.40 Å². The Morgan fingerprint density at radius 1 is 1.04 bits per heavy atom. The molecule has 0 aliphatic rings. The summed E-state index contributed by atoms with van der Waals surface area (Å²) in [7, 11) is 0. The topological polar surface area (TPSA) is 30.2 Å². The largest absolute Gasteiger partial charge is 0.270 e. The van der Waals surface area contributed by atoms with Crippen LogP contribution in [-0.4, -0.2) is 14.6 Å². The smallest absolute Gasteiger partial charge is 0.196 e. The van der Waals surface area contributed by atoms with Crippen LogP contribution in [0.2, 0.25) is 0 Å². The van der Waals surface area contributed by atoms with Gasteiger partial charge in [0.2, 0.25) is 0 Å². The van der Waals surface area contributed by atoms with Gasteiger partial charge in [0.25, 0.3) is 0 Å². The van der Waals surface area contributed by atoms with Crippen molar-refractivity contribution in [2.75, 3.05) is 0 Å². The first-order chi connectivity index (χ1) is 11.2. The maximum Gasteiger partial charge on any atom is 0.196 e. The molecule has 0 unspecified atom stereocenters.